The molecule has 1 aromatic rings. The average molecular weight is 407 g/mol. The highest BCUT2D eigenvalue weighted by Crippen LogP contribution is 2.30. The van der Waals surface area contributed by atoms with E-state index in [4.69, 9.17) is 0 Å². The molecule has 2 aliphatic rings. The molecule has 0 radical (unpaired) electrons. The van der Waals surface area contributed by atoms with Gasteiger partial charge in [0.2, 0.25) is 11.8 Å². The van der Waals surface area contributed by atoms with Crippen LogP contribution in [0, 0.1) is 5.82 Å². The molecule has 3 rings (SSSR count). The maximum Gasteiger partial charge on any atom is 0.413 e. The number of nitrogens with zero attached hydrogens (tertiary/aromatic N) is 3. The van der Waals surface area contributed by atoms with Crippen LogP contribution in [-0.2, 0) is 16.0 Å². The lowest BCUT2D eigenvalue weighted by Gasteiger charge is -2.45. The number of rotatable bonds is 6. The fraction of sp³-hybridized carbons (Fsp3) is 0.421. The maximum atomic E-state index is 13.4. The van der Waals surface area contributed by atoms with Crippen LogP contribution >= 0.6 is 11.8 Å². The van der Waals surface area contributed by atoms with E-state index in [-0.39, 0.29) is 43.0 Å². The molecule has 1 aromatic carbocycles. The molecule has 0 aromatic heterocycles. The van der Waals surface area contributed by atoms with Crippen molar-refractivity contribution in [2.75, 3.05) is 25.1 Å². The van der Waals surface area contributed by atoms with Gasteiger partial charge in [0.05, 0.1) is 0 Å². The van der Waals surface area contributed by atoms with E-state index in [1.807, 2.05) is 6.26 Å². The van der Waals surface area contributed by atoms with Gasteiger partial charge < -0.3 is 10.0 Å². The van der Waals surface area contributed by atoms with Crippen molar-refractivity contribution in [1.82, 2.24) is 14.7 Å². The topological polar surface area (TPSA) is 81.2 Å². The van der Waals surface area contributed by atoms with E-state index in [9.17, 15) is 23.9 Å². The number of hydrogen-bond acceptors (Lipinski definition) is 4. The zero-order chi connectivity index (χ0) is 20.3. The first kappa shape index (κ1) is 20.2. The van der Waals surface area contributed by atoms with Gasteiger partial charge in [-0.15, -0.1) is 0 Å². The smallest absolute Gasteiger partial charge is 0.413 e. The summed E-state index contributed by atoms with van der Waals surface area (Å²) in [6, 6.07) is 5.42. The SMILES string of the molecule is CSCC[C@H]1C(=O)N(CCc2cccc(F)c2)C=C2N(C(=O)O)CCC(=O)N21. The van der Waals surface area contributed by atoms with Crippen molar-refractivity contribution in [3.05, 3.63) is 47.7 Å². The Bertz CT molecular complexity index is 816. The number of amides is 3. The quantitative estimate of drug-likeness (QED) is 0.783. The number of fused-ring (bicyclic) bond motifs is 1. The van der Waals surface area contributed by atoms with Gasteiger partial charge in [-0.2, -0.15) is 11.8 Å². The van der Waals surface area contributed by atoms with Crippen LogP contribution in [0.25, 0.3) is 0 Å². The number of carbonyl (C=O) groups is 3. The Balaban J connectivity index is 1.89. The van der Waals surface area contributed by atoms with Crippen LogP contribution in [0.5, 0.6) is 0 Å². The van der Waals surface area contributed by atoms with Crippen molar-refractivity contribution < 1.29 is 23.9 Å². The van der Waals surface area contributed by atoms with Gasteiger partial charge in [0.25, 0.3) is 0 Å². The van der Waals surface area contributed by atoms with Crippen molar-refractivity contribution >= 4 is 29.7 Å². The second-order valence-corrected chi connectivity index (χ2v) is 7.63. The molecule has 150 valence electrons. The van der Waals surface area contributed by atoms with Crippen molar-refractivity contribution in [2.45, 2.75) is 25.3 Å². The fourth-order valence-electron chi connectivity index (χ4n) is 3.46. The van der Waals surface area contributed by atoms with Crippen molar-refractivity contribution in [3.63, 3.8) is 0 Å². The van der Waals surface area contributed by atoms with Gasteiger partial charge in [-0.3, -0.25) is 19.4 Å². The molecule has 0 bridgehead atoms. The normalized spacial score (nSPS) is 19.6. The minimum atomic E-state index is -1.16. The van der Waals surface area contributed by atoms with E-state index in [1.54, 1.807) is 23.9 Å². The molecule has 1 N–H and O–H groups in total. The van der Waals surface area contributed by atoms with E-state index in [2.05, 4.69) is 0 Å². The van der Waals surface area contributed by atoms with Gasteiger partial charge in [-0.25, -0.2) is 9.18 Å². The molecule has 0 unspecified atom stereocenters. The zero-order valence-corrected chi connectivity index (χ0v) is 16.3. The Morgan fingerprint density at radius 3 is 2.82 bits per heavy atom. The van der Waals surface area contributed by atoms with Crippen LogP contribution in [-0.4, -0.2) is 68.9 Å². The van der Waals surface area contributed by atoms with Crippen LogP contribution in [0.15, 0.2) is 36.3 Å². The monoisotopic (exact) mass is 407 g/mol. The second-order valence-electron chi connectivity index (χ2n) is 6.64. The predicted octanol–water partition coefficient (Wildman–Crippen LogP) is 2.34. The molecule has 2 aliphatic heterocycles. The number of benzene rings is 1. The molecule has 9 heteroatoms. The third kappa shape index (κ3) is 4.14. The third-order valence-corrected chi connectivity index (χ3v) is 5.49. The summed E-state index contributed by atoms with van der Waals surface area (Å²) >= 11 is 1.56. The third-order valence-electron chi connectivity index (χ3n) is 4.85. The Morgan fingerprint density at radius 2 is 2.14 bits per heavy atom. The average Bonchev–Trinajstić information content (AvgIpc) is 2.66. The summed E-state index contributed by atoms with van der Waals surface area (Å²) in [5.74, 6) is 0.0504. The summed E-state index contributed by atoms with van der Waals surface area (Å²) < 4.78 is 13.4. The summed E-state index contributed by atoms with van der Waals surface area (Å²) in [6.07, 6.45) is 3.09. The van der Waals surface area contributed by atoms with Crippen LogP contribution in [0.1, 0.15) is 18.4 Å². The lowest BCUT2D eigenvalue weighted by atomic mass is 10.1. The fourth-order valence-corrected chi connectivity index (χ4v) is 3.92. The van der Waals surface area contributed by atoms with E-state index in [0.29, 0.717) is 18.6 Å². The maximum absolute atomic E-state index is 13.4. The first-order valence-corrected chi connectivity index (χ1v) is 10.4. The van der Waals surface area contributed by atoms with E-state index >= 15 is 0 Å². The Kier molecular flexibility index (Phi) is 6.23. The molecule has 7 nitrogen and oxygen atoms in total. The van der Waals surface area contributed by atoms with Crippen molar-refractivity contribution in [3.8, 4) is 0 Å². The lowest BCUT2D eigenvalue weighted by molar-refractivity contribution is -0.148. The summed E-state index contributed by atoms with van der Waals surface area (Å²) in [5.41, 5.74) is 0.740. The van der Waals surface area contributed by atoms with Crippen molar-refractivity contribution in [1.29, 1.82) is 0 Å². The van der Waals surface area contributed by atoms with Crippen LogP contribution < -0.4 is 0 Å². The van der Waals surface area contributed by atoms with Gasteiger partial charge >= 0.3 is 6.09 Å². The summed E-state index contributed by atoms with van der Waals surface area (Å²) in [5, 5.41) is 9.51. The highest BCUT2D eigenvalue weighted by Gasteiger charge is 2.44. The highest BCUT2D eigenvalue weighted by molar-refractivity contribution is 7.98. The van der Waals surface area contributed by atoms with Gasteiger partial charge in [0.15, 0.2) is 0 Å². The van der Waals surface area contributed by atoms with Gasteiger partial charge in [0, 0.05) is 25.7 Å². The standard InChI is InChI=1S/C19H22FN3O4S/c1-28-10-7-15-18(25)21(8-5-13-3-2-4-14(20)11-13)12-16-22(19(26)27)9-6-17(24)23(15)16/h2-4,11-12,15H,5-10H2,1H3,(H,26,27)/t15-/m0/s1. The number of thioether (sulfide) groups is 1. The number of carboxylic acid groups (broad SMARTS) is 1. The molecule has 0 aliphatic carbocycles. The number of carbonyl (C=O) groups excluding carboxylic acids is 2. The van der Waals surface area contributed by atoms with Crippen LogP contribution in [0.4, 0.5) is 9.18 Å². The molecule has 3 amide bonds. The Labute approximate surface area is 166 Å². The van der Waals surface area contributed by atoms with Gasteiger partial charge in [-0.05, 0) is 42.5 Å². The molecule has 0 spiro atoms. The number of hydrogen-bond donors (Lipinski definition) is 1. The molecule has 0 saturated carbocycles. The molecule has 1 fully saturated rings. The largest absolute Gasteiger partial charge is 0.465 e. The molecule has 2 heterocycles. The minimum absolute atomic E-state index is 0.0516. The zero-order valence-electron chi connectivity index (χ0n) is 15.5. The Morgan fingerprint density at radius 1 is 1.36 bits per heavy atom. The lowest BCUT2D eigenvalue weighted by Crippen LogP contribution is -2.60. The molecule has 1 saturated heterocycles. The van der Waals surface area contributed by atoms with E-state index in [0.717, 1.165) is 10.5 Å². The summed E-state index contributed by atoms with van der Waals surface area (Å²) in [4.78, 5) is 41.0. The van der Waals surface area contributed by atoms with E-state index < -0.39 is 12.1 Å². The van der Waals surface area contributed by atoms with E-state index in [1.165, 1.54) is 28.1 Å². The summed E-state index contributed by atoms with van der Waals surface area (Å²) in [6.45, 7) is 0.342. The first-order valence-electron chi connectivity index (χ1n) is 9.00. The molecular formula is C19H22FN3O4S. The second kappa shape index (κ2) is 8.64. The highest BCUT2D eigenvalue weighted by atomic mass is 32.2. The van der Waals surface area contributed by atoms with Crippen molar-refractivity contribution in [2.24, 2.45) is 0 Å². The Hall–Kier alpha value is -2.55. The first-order chi connectivity index (χ1) is 13.4. The van der Waals surface area contributed by atoms with Crippen LogP contribution in [0.3, 0.4) is 0 Å². The predicted molar refractivity (Wildman–Crippen MR) is 103 cm³/mol. The minimum Gasteiger partial charge on any atom is -0.465 e. The number of halogens is 1. The summed E-state index contributed by atoms with van der Waals surface area (Å²) in [7, 11) is 0. The van der Waals surface area contributed by atoms with Gasteiger partial charge in [-0.1, -0.05) is 12.1 Å². The molecular weight excluding hydrogens is 385 g/mol. The molecule has 1 atom stereocenters. The van der Waals surface area contributed by atoms with Gasteiger partial charge in [0.1, 0.15) is 17.7 Å². The molecule has 28 heavy (non-hydrogen) atoms. The van der Waals surface area contributed by atoms with Crippen LogP contribution in [0.2, 0.25) is 0 Å².